The molecule has 0 spiro atoms. The van der Waals surface area contributed by atoms with Gasteiger partial charge in [-0.25, -0.2) is 0 Å². The molecule has 104 valence electrons. The molecule has 1 nitrogen and oxygen atoms in total. The van der Waals surface area contributed by atoms with E-state index in [0.29, 0.717) is 0 Å². The van der Waals surface area contributed by atoms with Crippen molar-refractivity contribution in [2.45, 2.75) is 39.5 Å². The molecule has 0 saturated heterocycles. The lowest BCUT2D eigenvalue weighted by Gasteiger charge is -2.03. The molecule has 1 aromatic carbocycles. The second kappa shape index (κ2) is 9.90. The molecule has 20 heavy (non-hydrogen) atoms. The Kier molecular flexibility index (Phi) is 7.97. The zero-order valence-corrected chi connectivity index (χ0v) is 12.4. The van der Waals surface area contributed by atoms with Crippen LogP contribution in [0.2, 0.25) is 0 Å². The molecule has 1 rings (SSSR count). The van der Waals surface area contributed by atoms with Gasteiger partial charge in [0.05, 0.1) is 0 Å². The quantitative estimate of drug-likeness (QED) is 0.819. The summed E-state index contributed by atoms with van der Waals surface area (Å²) >= 11 is 0. The summed E-state index contributed by atoms with van der Waals surface area (Å²) in [7, 11) is 0. The smallest absolute Gasteiger partial charge is 0.104 e. The maximum Gasteiger partial charge on any atom is 0.104 e. The topological polar surface area (TPSA) is 20.2 Å². The number of hydrogen-bond donors (Lipinski definition) is 1. The van der Waals surface area contributed by atoms with Gasteiger partial charge in [0.15, 0.2) is 0 Å². The van der Waals surface area contributed by atoms with Crippen LogP contribution in [0.25, 0.3) is 0 Å². The van der Waals surface area contributed by atoms with Gasteiger partial charge in [-0.2, -0.15) is 0 Å². The summed E-state index contributed by atoms with van der Waals surface area (Å²) in [6, 6.07) is 9.98. The van der Waals surface area contributed by atoms with E-state index in [2.05, 4.69) is 37.5 Å². The highest BCUT2D eigenvalue weighted by atomic mass is 16.2. The van der Waals surface area contributed by atoms with Crippen molar-refractivity contribution in [3.05, 3.63) is 47.0 Å². The summed E-state index contributed by atoms with van der Waals surface area (Å²) in [5.74, 6) is 12.3. The van der Waals surface area contributed by atoms with E-state index in [1.807, 2.05) is 30.3 Å². The second-order valence-corrected chi connectivity index (χ2v) is 4.49. The molecular formula is C19H22O. The van der Waals surface area contributed by atoms with Crippen LogP contribution >= 0.6 is 0 Å². The first-order valence-electron chi connectivity index (χ1n) is 7.20. The minimum absolute atomic E-state index is 0.0985. The van der Waals surface area contributed by atoms with Gasteiger partial charge in [-0.3, -0.25) is 0 Å². The number of rotatable bonds is 4. The third kappa shape index (κ3) is 5.79. The van der Waals surface area contributed by atoms with E-state index >= 15 is 0 Å². The van der Waals surface area contributed by atoms with Crippen molar-refractivity contribution >= 4 is 0 Å². The van der Waals surface area contributed by atoms with Crippen LogP contribution in [-0.2, 0) is 0 Å². The SMILES string of the molecule is CCCC/C(C#CCO)=C(/C#Cc1ccccc1)CC. The average Bonchev–Trinajstić information content (AvgIpc) is 2.50. The molecule has 0 aromatic heterocycles. The summed E-state index contributed by atoms with van der Waals surface area (Å²) in [6.07, 6.45) is 4.05. The number of aliphatic hydroxyl groups is 1. The van der Waals surface area contributed by atoms with Crippen LogP contribution in [0.4, 0.5) is 0 Å². The van der Waals surface area contributed by atoms with Gasteiger partial charge in [-0.1, -0.05) is 62.1 Å². The maximum absolute atomic E-state index is 8.87. The highest BCUT2D eigenvalue weighted by Gasteiger charge is 2.00. The predicted molar refractivity (Wildman–Crippen MR) is 85.0 cm³/mol. The molecule has 0 saturated carbocycles. The summed E-state index contributed by atoms with van der Waals surface area (Å²) in [5.41, 5.74) is 3.18. The third-order valence-electron chi connectivity index (χ3n) is 2.95. The Hall–Kier alpha value is -1.96. The molecule has 0 amide bonds. The van der Waals surface area contributed by atoms with Crippen LogP contribution in [0.5, 0.6) is 0 Å². The normalized spacial score (nSPS) is 10.8. The van der Waals surface area contributed by atoms with Crippen molar-refractivity contribution in [1.82, 2.24) is 0 Å². The van der Waals surface area contributed by atoms with Gasteiger partial charge < -0.3 is 5.11 Å². The molecule has 0 atom stereocenters. The van der Waals surface area contributed by atoms with Crippen LogP contribution in [0.3, 0.4) is 0 Å². The molecule has 1 aromatic rings. The molecule has 0 bridgehead atoms. The first-order valence-corrected chi connectivity index (χ1v) is 7.20. The monoisotopic (exact) mass is 266 g/mol. The van der Waals surface area contributed by atoms with Crippen LogP contribution in [0.15, 0.2) is 41.5 Å². The Morgan fingerprint density at radius 1 is 1.05 bits per heavy atom. The van der Waals surface area contributed by atoms with Crippen molar-refractivity contribution in [2.75, 3.05) is 6.61 Å². The van der Waals surface area contributed by atoms with Gasteiger partial charge >= 0.3 is 0 Å². The maximum atomic E-state index is 8.87. The molecule has 0 unspecified atom stereocenters. The molecule has 0 radical (unpaired) electrons. The fourth-order valence-corrected chi connectivity index (χ4v) is 1.83. The Morgan fingerprint density at radius 2 is 1.80 bits per heavy atom. The Labute approximate surface area is 122 Å². The van der Waals surface area contributed by atoms with Crippen molar-refractivity contribution in [3.63, 3.8) is 0 Å². The molecule has 1 N–H and O–H groups in total. The third-order valence-corrected chi connectivity index (χ3v) is 2.95. The number of aliphatic hydroxyl groups excluding tert-OH is 1. The number of allylic oxidation sites excluding steroid dienone is 2. The van der Waals surface area contributed by atoms with Gasteiger partial charge in [-0.05, 0) is 31.4 Å². The Balaban J connectivity index is 3.03. The second-order valence-electron chi connectivity index (χ2n) is 4.49. The van der Waals surface area contributed by atoms with Gasteiger partial charge in [-0.15, -0.1) is 0 Å². The van der Waals surface area contributed by atoms with Gasteiger partial charge in [0.1, 0.15) is 6.61 Å². The van der Waals surface area contributed by atoms with Crippen LogP contribution in [-0.4, -0.2) is 11.7 Å². The molecule has 0 fully saturated rings. The molecule has 1 heteroatoms. The number of hydrogen-bond acceptors (Lipinski definition) is 1. The van der Waals surface area contributed by atoms with Crippen molar-refractivity contribution in [1.29, 1.82) is 0 Å². The van der Waals surface area contributed by atoms with E-state index in [4.69, 9.17) is 5.11 Å². The summed E-state index contributed by atoms with van der Waals surface area (Å²) < 4.78 is 0. The van der Waals surface area contributed by atoms with E-state index in [1.54, 1.807) is 0 Å². The Morgan fingerprint density at radius 3 is 2.40 bits per heavy atom. The first-order chi connectivity index (χ1) is 9.81. The lowest BCUT2D eigenvalue weighted by atomic mass is 10.0. The summed E-state index contributed by atoms with van der Waals surface area (Å²) in [6.45, 7) is 4.17. The number of unbranched alkanes of at least 4 members (excludes halogenated alkanes) is 1. The van der Waals surface area contributed by atoms with Crippen molar-refractivity contribution < 1.29 is 5.11 Å². The van der Waals surface area contributed by atoms with Gasteiger partial charge in [0.2, 0.25) is 0 Å². The van der Waals surface area contributed by atoms with E-state index in [1.165, 1.54) is 0 Å². The largest absolute Gasteiger partial charge is 0.384 e. The fraction of sp³-hybridized carbons (Fsp3) is 0.368. The molecule has 0 heterocycles. The Bertz CT molecular complexity index is 544. The molecule has 0 aliphatic carbocycles. The zero-order valence-electron chi connectivity index (χ0n) is 12.4. The van der Waals surface area contributed by atoms with E-state index in [9.17, 15) is 0 Å². The summed E-state index contributed by atoms with van der Waals surface area (Å²) in [4.78, 5) is 0. The first kappa shape index (κ1) is 16.1. The van der Waals surface area contributed by atoms with Crippen LogP contribution < -0.4 is 0 Å². The molecule has 0 aliphatic heterocycles. The van der Waals surface area contributed by atoms with E-state index in [0.717, 1.165) is 42.4 Å². The van der Waals surface area contributed by atoms with Gasteiger partial charge in [0.25, 0.3) is 0 Å². The standard InChI is InChI=1S/C19H22O/c1-3-5-12-19(13-9-16-20)18(4-2)15-14-17-10-7-6-8-11-17/h6-8,10-11,20H,3-5,12,16H2,1-2H3/b19-18-. The highest BCUT2D eigenvalue weighted by Crippen LogP contribution is 2.14. The van der Waals surface area contributed by atoms with Crippen LogP contribution in [0.1, 0.15) is 45.1 Å². The number of benzene rings is 1. The minimum Gasteiger partial charge on any atom is -0.384 e. The highest BCUT2D eigenvalue weighted by molar-refractivity contribution is 5.47. The average molecular weight is 266 g/mol. The minimum atomic E-state index is -0.0985. The van der Waals surface area contributed by atoms with Crippen molar-refractivity contribution in [2.24, 2.45) is 0 Å². The molecule has 0 aliphatic rings. The summed E-state index contributed by atoms with van der Waals surface area (Å²) in [5, 5.41) is 8.87. The predicted octanol–water partition coefficient (Wildman–Crippen LogP) is 3.93. The fourth-order valence-electron chi connectivity index (χ4n) is 1.83. The van der Waals surface area contributed by atoms with E-state index in [-0.39, 0.29) is 6.61 Å². The lowest BCUT2D eigenvalue weighted by Crippen LogP contribution is -1.89. The lowest BCUT2D eigenvalue weighted by molar-refractivity contribution is 0.350. The van der Waals surface area contributed by atoms with Crippen molar-refractivity contribution in [3.8, 4) is 23.7 Å². The van der Waals surface area contributed by atoms with E-state index < -0.39 is 0 Å². The van der Waals surface area contributed by atoms with Crippen LogP contribution in [0, 0.1) is 23.7 Å². The van der Waals surface area contributed by atoms with Gasteiger partial charge in [0, 0.05) is 16.7 Å². The molecular weight excluding hydrogens is 244 g/mol. The zero-order chi connectivity index (χ0) is 14.6.